The maximum atomic E-state index is 12.0. The van der Waals surface area contributed by atoms with E-state index in [1.54, 1.807) is 12.3 Å². The lowest BCUT2D eigenvalue weighted by Gasteiger charge is -2.04. The van der Waals surface area contributed by atoms with Crippen LogP contribution in [0.5, 0.6) is 0 Å². The molecule has 106 valence electrons. The molecule has 0 saturated heterocycles. The smallest absolute Gasteiger partial charge is 0.229 e. The van der Waals surface area contributed by atoms with Crippen molar-refractivity contribution in [2.75, 3.05) is 5.32 Å². The third-order valence-corrected chi connectivity index (χ3v) is 3.47. The normalized spacial score (nSPS) is 10.8. The van der Waals surface area contributed by atoms with E-state index in [0.717, 1.165) is 22.4 Å². The first-order valence-electron chi connectivity index (χ1n) is 6.76. The minimum Gasteiger partial charge on any atom is -0.331 e. The lowest BCUT2D eigenvalue weighted by molar-refractivity contribution is -0.115. The topological polar surface area (TPSA) is 59.8 Å². The third-order valence-electron chi connectivity index (χ3n) is 3.47. The molecule has 2 aromatic heterocycles. The van der Waals surface area contributed by atoms with E-state index < -0.39 is 0 Å². The molecule has 5 heteroatoms. The van der Waals surface area contributed by atoms with Crippen LogP contribution in [-0.4, -0.2) is 20.4 Å². The number of rotatable bonds is 3. The van der Waals surface area contributed by atoms with E-state index in [1.807, 2.05) is 48.9 Å². The summed E-state index contributed by atoms with van der Waals surface area (Å²) in [5.41, 5.74) is 2.92. The van der Waals surface area contributed by atoms with Crippen LogP contribution in [0, 0.1) is 6.92 Å². The lowest BCUT2D eigenvalue weighted by Crippen LogP contribution is -2.15. The Morgan fingerprint density at radius 1 is 1.29 bits per heavy atom. The first kappa shape index (κ1) is 13.3. The molecule has 0 bridgehead atoms. The molecule has 0 fully saturated rings. The van der Waals surface area contributed by atoms with Gasteiger partial charge in [0.05, 0.1) is 17.5 Å². The van der Waals surface area contributed by atoms with Crippen LogP contribution in [0.4, 0.5) is 5.82 Å². The zero-order valence-corrected chi connectivity index (χ0v) is 12.0. The van der Waals surface area contributed by atoms with Gasteiger partial charge in [0.1, 0.15) is 11.6 Å². The minimum atomic E-state index is -0.0827. The highest BCUT2D eigenvalue weighted by Crippen LogP contribution is 2.17. The van der Waals surface area contributed by atoms with Gasteiger partial charge in [-0.1, -0.05) is 12.1 Å². The van der Waals surface area contributed by atoms with Crippen LogP contribution in [-0.2, 0) is 18.3 Å². The van der Waals surface area contributed by atoms with Gasteiger partial charge < -0.3 is 9.88 Å². The maximum absolute atomic E-state index is 12.0. The molecule has 0 unspecified atom stereocenters. The molecule has 3 aromatic rings. The summed E-state index contributed by atoms with van der Waals surface area (Å²) in [6.07, 6.45) is 1.96. The number of amides is 1. The first-order valence-corrected chi connectivity index (χ1v) is 6.76. The van der Waals surface area contributed by atoms with Crippen molar-refractivity contribution in [1.29, 1.82) is 0 Å². The molecule has 0 atom stereocenters. The quantitative estimate of drug-likeness (QED) is 0.801. The van der Waals surface area contributed by atoms with Crippen molar-refractivity contribution in [3.63, 3.8) is 0 Å². The molecule has 0 saturated carbocycles. The third kappa shape index (κ3) is 2.76. The molecule has 3 rings (SSSR count). The Hall–Kier alpha value is -2.69. The molecular weight excluding hydrogens is 264 g/mol. The van der Waals surface area contributed by atoms with Crippen molar-refractivity contribution in [2.24, 2.45) is 7.05 Å². The number of hydrogen-bond donors (Lipinski definition) is 1. The summed E-state index contributed by atoms with van der Waals surface area (Å²) in [6.45, 7) is 1.97. The molecule has 1 N–H and O–H groups in total. The maximum Gasteiger partial charge on any atom is 0.229 e. The highest BCUT2D eigenvalue weighted by molar-refractivity contribution is 5.92. The Labute approximate surface area is 122 Å². The number of imidazole rings is 1. The Morgan fingerprint density at radius 3 is 2.90 bits per heavy atom. The summed E-state index contributed by atoms with van der Waals surface area (Å²) in [7, 11) is 1.98. The van der Waals surface area contributed by atoms with Crippen molar-refractivity contribution in [2.45, 2.75) is 13.3 Å². The first-order chi connectivity index (χ1) is 10.1. The molecule has 0 aliphatic carbocycles. The standard InChI is InChI=1S/C16H16N4O/c1-11-18-13-9-12(6-7-14(13)20(11)2)10-16(21)19-15-5-3-4-8-17-15/h3-9H,10H2,1-2H3,(H,17,19,21). The number of nitrogens with zero attached hydrogens (tertiary/aromatic N) is 3. The fraction of sp³-hybridized carbons (Fsp3) is 0.188. The number of fused-ring (bicyclic) bond motifs is 1. The Bertz CT molecular complexity index is 793. The summed E-state index contributed by atoms with van der Waals surface area (Å²) in [6, 6.07) is 11.3. The van der Waals surface area contributed by atoms with E-state index in [0.29, 0.717) is 12.2 Å². The van der Waals surface area contributed by atoms with Crippen LogP contribution in [0.25, 0.3) is 11.0 Å². The molecule has 1 aromatic carbocycles. The summed E-state index contributed by atoms with van der Waals surface area (Å²) in [4.78, 5) is 20.6. The van der Waals surface area contributed by atoms with Crippen molar-refractivity contribution < 1.29 is 4.79 Å². The predicted molar refractivity (Wildman–Crippen MR) is 82.0 cm³/mol. The zero-order valence-electron chi connectivity index (χ0n) is 12.0. The molecule has 0 aliphatic rings. The molecule has 0 spiro atoms. The van der Waals surface area contributed by atoms with Gasteiger partial charge in [-0.05, 0) is 36.8 Å². The summed E-state index contributed by atoms with van der Waals surface area (Å²) >= 11 is 0. The van der Waals surface area contributed by atoms with E-state index in [4.69, 9.17) is 0 Å². The number of carbonyl (C=O) groups is 1. The SMILES string of the molecule is Cc1nc2cc(CC(=O)Nc3ccccn3)ccc2n1C. The Morgan fingerprint density at radius 2 is 2.14 bits per heavy atom. The number of benzene rings is 1. The predicted octanol–water partition coefficient (Wildman–Crippen LogP) is 2.46. The number of aryl methyl sites for hydroxylation is 2. The number of anilines is 1. The number of nitrogens with one attached hydrogen (secondary N) is 1. The van der Waals surface area contributed by atoms with E-state index in [2.05, 4.69) is 15.3 Å². The summed E-state index contributed by atoms with van der Waals surface area (Å²) in [5.74, 6) is 1.44. The largest absolute Gasteiger partial charge is 0.331 e. The fourth-order valence-corrected chi connectivity index (χ4v) is 2.28. The Kier molecular flexibility index (Phi) is 3.39. The molecule has 5 nitrogen and oxygen atoms in total. The highest BCUT2D eigenvalue weighted by Gasteiger charge is 2.08. The van der Waals surface area contributed by atoms with Gasteiger partial charge in [0.2, 0.25) is 5.91 Å². The van der Waals surface area contributed by atoms with Gasteiger partial charge in [-0.3, -0.25) is 4.79 Å². The van der Waals surface area contributed by atoms with Gasteiger partial charge in [-0.25, -0.2) is 9.97 Å². The average molecular weight is 280 g/mol. The van der Waals surface area contributed by atoms with Gasteiger partial charge in [0.25, 0.3) is 0 Å². The van der Waals surface area contributed by atoms with E-state index in [9.17, 15) is 4.79 Å². The van der Waals surface area contributed by atoms with Gasteiger partial charge in [-0.2, -0.15) is 0 Å². The van der Waals surface area contributed by atoms with E-state index in [1.165, 1.54) is 0 Å². The van der Waals surface area contributed by atoms with Crippen LogP contribution in [0.15, 0.2) is 42.6 Å². The second-order valence-electron chi connectivity index (χ2n) is 4.98. The van der Waals surface area contributed by atoms with Gasteiger partial charge in [0.15, 0.2) is 0 Å². The van der Waals surface area contributed by atoms with Crippen molar-refractivity contribution >= 4 is 22.8 Å². The van der Waals surface area contributed by atoms with Crippen LogP contribution in [0.1, 0.15) is 11.4 Å². The second-order valence-corrected chi connectivity index (χ2v) is 4.98. The summed E-state index contributed by atoms with van der Waals surface area (Å²) < 4.78 is 2.03. The molecule has 2 heterocycles. The van der Waals surface area contributed by atoms with Crippen LogP contribution < -0.4 is 5.32 Å². The highest BCUT2D eigenvalue weighted by atomic mass is 16.1. The number of aromatic nitrogens is 3. The minimum absolute atomic E-state index is 0.0827. The average Bonchev–Trinajstić information content (AvgIpc) is 2.74. The molecule has 0 aliphatic heterocycles. The van der Waals surface area contributed by atoms with Gasteiger partial charge in [0, 0.05) is 13.2 Å². The lowest BCUT2D eigenvalue weighted by atomic mass is 10.1. The van der Waals surface area contributed by atoms with Gasteiger partial charge >= 0.3 is 0 Å². The van der Waals surface area contributed by atoms with Crippen molar-refractivity contribution in [3.8, 4) is 0 Å². The number of pyridine rings is 1. The summed E-state index contributed by atoms with van der Waals surface area (Å²) in [5, 5.41) is 2.78. The zero-order chi connectivity index (χ0) is 14.8. The van der Waals surface area contributed by atoms with E-state index >= 15 is 0 Å². The van der Waals surface area contributed by atoms with E-state index in [-0.39, 0.29) is 5.91 Å². The molecular formula is C16H16N4O. The monoisotopic (exact) mass is 280 g/mol. The number of carbonyl (C=O) groups excluding carboxylic acids is 1. The Balaban J connectivity index is 1.77. The van der Waals surface area contributed by atoms with Crippen LogP contribution in [0.2, 0.25) is 0 Å². The molecule has 1 amide bonds. The van der Waals surface area contributed by atoms with Crippen LogP contribution >= 0.6 is 0 Å². The molecule has 21 heavy (non-hydrogen) atoms. The fourth-order valence-electron chi connectivity index (χ4n) is 2.28. The second kappa shape index (κ2) is 5.36. The van der Waals surface area contributed by atoms with Gasteiger partial charge in [-0.15, -0.1) is 0 Å². The van der Waals surface area contributed by atoms with Crippen molar-refractivity contribution in [1.82, 2.24) is 14.5 Å². The number of hydrogen-bond acceptors (Lipinski definition) is 3. The molecule has 0 radical (unpaired) electrons. The van der Waals surface area contributed by atoms with Crippen molar-refractivity contribution in [3.05, 3.63) is 54.0 Å². The van der Waals surface area contributed by atoms with Crippen LogP contribution in [0.3, 0.4) is 0 Å².